The van der Waals surface area contributed by atoms with Crippen molar-refractivity contribution in [2.24, 2.45) is 0 Å². The van der Waals surface area contributed by atoms with Crippen LogP contribution >= 0.6 is 0 Å². The van der Waals surface area contributed by atoms with Gasteiger partial charge in [0, 0.05) is 6.61 Å². The van der Waals surface area contributed by atoms with Crippen molar-refractivity contribution in [3.8, 4) is 6.07 Å². The molecule has 1 aliphatic rings. The maximum atomic E-state index is 11.9. The van der Waals surface area contributed by atoms with Gasteiger partial charge in [-0.15, -0.1) is 0 Å². The lowest BCUT2D eigenvalue weighted by molar-refractivity contribution is -0.140. The van der Waals surface area contributed by atoms with E-state index in [9.17, 15) is 4.79 Å². The number of nitrogens with one attached hydrogen (secondary N) is 1. The Morgan fingerprint density at radius 1 is 1.73 bits per heavy atom. The highest BCUT2D eigenvalue weighted by Gasteiger charge is 2.40. The molecule has 0 aromatic heterocycles. The minimum Gasteiger partial charge on any atom is -0.365 e. The van der Waals surface area contributed by atoms with Crippen molar-refractivity contribution in [1.82, 2.24) is 5.32 Å². The van der Waals surface area contributed by atoms with Gasteiger partial charge in [0.1, 0.15) is 11.1 Å². The summed E-state index contributed by atoms with van der Waals surface area (Å²) in [5.41, 5.74) is -1.53. The lowest BCUT2D eigenvalue weighted by Crippen LogP contribution is -2.53. The lowest BCUT2D eigenvalue weighted by atomic mass is 9.96. The maximum absolute atomic E-state index is 11.9. The minimum absolute atomic E-state index is 0.175. The van der Waals surface area contributed by atoms with E-state index in [0.29, 0.717) is 13.0 Å². The molecule has 0 aromatic carbocycles. The number of nitrogens with zero attached hydrogens (tertiary/aromatic N) is 1. The summed E-state index contributed by atoms with van der Waals surface area (Å²) in [5, 5.41) is 11.7. The van der Waals surface area contributed by atoms with E-state index in [1.54, 1.807) is 13.8 Å². The molecule has 2 unspecified atom stereocenters. The minimum atomic E-state index is -0.786. The molecule has 1 rings (SSSR count). The van der Waals surface area contributed by atoms with Crippen molar-refractivity contribution < 1.29 is 9.53 Å². The Morgan fingerprint density at radius 3 is 2.80 bits per heavy atom. The van der Waals surface area contributed by atoms with Crippen LogP contribution in [0.5, 0.6) is 0 Å². The number of hydrogen-bond donors (Lipinski definition) is 1. The highest BCUT2D eigenvalue weighted by molar-refractivity contribution is 5.86. The summed E-state index contributed by atoms with van der Waals surface area (Å²) in [6.07, 6.45) is 2.22. The van der Waals surface area contributed by atoms with Gasteiger partial charge in [-0.3, -0.25) is 4.79 Å². The van der Waals surface area contributed by atoms with E-state index >= 15 is 0 Å². The average Bonchev–Trinajstić information content (AvgIpc) is 2.66. The molecule has 15 heavy (non-hydrogen) atoms. The summed E-state index contributed by atoms with van der Waals surface area (Å²) in [7, 11) is 0. The van der Waals surface area contributed by atoms with Crippen molar-refractivity contribution in [2.75, 3.05) is 6.61 Å². The Morgan fingerprint density at radius 2 is 2.40 bits per heavy atom. The number of carbonyl (C=O) groups excluding carboxylic acids is 1. The highest BCUT2D eigenvalue weighted by atomic mass is 16.5. The first-order valence-corrected chi connectivity index (χ1v) is 5.33. The quantitative estimate of drug-likeness (QED) is 0.765. The van der Waals surface area contributed by atoms with Crippen LogP contribution in [0.4, 0.5) is 0 Å². The lowest BCUT2D eigenvalue weighted by Gasteiger charge is -2.28. The summed E-state index contributed by atoms with van der Waals surface area (Å²) >= 11 is 0. The van der Waals surface area contributed by atoms with Crippen molar-refractivity contribution >= 4 is 5.91 Å². The molecular weight excluding hydrogens is 192 g/mol. The van der Waals surface area contributed by atoms with Crippen LogP contribution in [0.2, 0.25) is 0 Å². The first-order chi connectivity index (χ1) is 6.96. The van der Waals surface area contributed by atoms with E-state index in [-0.39, 0.29) is 5.91 Å². The maximum Gasteiger partial charge on any atom is 0.253 e. The Bertz CT molecular complexity index is 289. The molecule has 0 saturated carbocycles. The number of ether oxygens (including phenoxy) is 1. The van der Waals surface area contributed by atoms with Gasteiger partial charge in [-0.05, 0) is 33.1 Å². The predicted octanol–water partition coefficient (Wildman–Crippen LogP) is 1.36. The first-order valence-electron chi connectivity index (χ1n) is 5.33. The second-order valence-corrected chi connectivity index (χ2v) is 4.43. The Hall–Kier alpha value is -1.08. The van der Waals surface area contributed by atoms with Crippen LogP contribution in [0.15, 0.2) is 0 Å². The van der Waals surface area contributed by atoms with Gasteiger partial charge in [0.15, 0.2) is 0 Å². The molecule has 0 spiro atoms. The number of rotatable bonds is 3. The van der Waals surface area contributed by atoms with Crippen LogP contribution in [-0.4, -0.2) is 23.7 Å². The molecule has 84 valence electrons. The van der Waals surface area contributed by atoms with Gasteiger partial charge in [0.05, 0.1) is 6.07 Å². The first kappa shape index (κ1) is 12.0. The monoisotopic (exact) mass is 210 g/mol. The fourth-order valence-corrected chi connectivity index (χ4v) is 1.54. The molecule has 1 N–H and O–H groups in total. The summed E-state index contributed by atoms with van der Waals surface area (Å²) in [6, 6.07) is 2.11. The SMILES string of the molecule is CCC(C)(C#N)NC(=O)C1(C)CCCO1. The largest absolute Gasteiger partial charge is 0.365 e. The van der Waals surface area contributed by atoms with E-state index in [2.05, 4.69) is 11.4 Å². The summed E-state index contributed by atoms with van der Waals surface area (Å²) < 4.78 is 5.42. The van der Waals surface area contributed by atoms with Crippen molar-refractivity contribution in [2.45, 2.75) is 51.2 Å². The highest BCUT2D eigenvalue weighted by Crippen LogP contribution is 2.26. The van der Waals surface area contributed by atoms with Gasteiger partial charge in [0.2, 0.25) is 0 Å². The van der Waals surface area contributed by atoms with Crippen molar-refractivity contribution in [3.63, 3.8) is 0 Å². The standard InChI is InChI=1S/C11H18N2O2/c1-4-10(2,8-12)13-9(14)11(3)6-5-7-15-11/h4-7H2,1-3H3,(H,13,14). The molecule has 4 nitrogen and oxygen atoms in total. The normalized spacial score (nSPS) is 29.2. The third kappa shape index (κ3) is 2.48. The molecule has 4 heteroatoms. The van der Waals surface area contributed by atoms with Crippen LogP contribution in [-0.2, 0) is 9.53 Å². The molecule has 2 atom stereocenters. The van der Waals surface area contributed by atoms with Gasteiger partial charge >= 0.3 is 0 Å². The predicted molar refractivity (Wildman–Crippen MR) is 56.0 cm³/mol. The average molecular weight is 210 g/mol. The molecule has 1 amide bonds. The number of nitriles is 1. The molecule has 1 heterocycles. The van der Waals surface area contributed by atoms with Gasteiger partial charge in [-0.25, -0.2) is 0 Å². The molecule has 1 saturated heterocycles. The smallest absolute Gasteiger partial charge is 0.253 e. The molecule has 0 radical (unpaired) electrons. The van der Waals surface area contributed by atoms with Gasteiger partial charge in [0.25, 0.3) is 5.91 Å². The molecule has 1 aliphatic heterocycles. The Labute approximate surface area is 90.6 Å². The van der Waals surface area contributed by atoms with E-state index in [0.717, 1.165) is 12.8 Å². The number of amides is 1. The van der Waals surface area contributed by atoms with Gasteiger partial charge in [-0.1, -0.05) is 6.92 Å². The Kier molecular flexibility index (Phi) is 3.35. The van der Waals surface area contributed by atoms with Crippen molar-refractivity contribution in [3.05, 3.63) is 0 Å². The third-order valence-corrected chi connectivity index (χ3v) is 3.04. The third-order valence-electron chi connectivity index (χ3n) is 3.04. The van der Waals surface area contributed by atoms with E-state index in [1.807, 2.05) is 6.92 Å². The van der Waals surface area contributed by atoms with Crippen molar-refractivity contribution in [1.29, 1.82) is 5.26 Å². The fourth-order valence-electron chi connectivity index (χ4n) is 1.54. The summed E-state index contributed by atoms with van der Waals surface area (Å²) in [5.74, 6) is -0.175. The second-order valence-electron chi connectivity index (χ2n) is 4.43. The van der Waals surface area contributed by atoms with E-state index in [4.69, 9.17) is 10.00 Å². The molecule has 0 aromatic rings. The van der Waals surface area contributed by atoms with E-state index < -0.39 is 11.1 Å². The molecule has 0 aliphatic carbocycles. The zero-order valence-electron chi connectivity index (χ0n) is 9.59. The van der Waals surface area contributed by atoms with Crippen LogP contribution in [0.3, 0.4) is 0 Å². The molecular formula is C11H18N2O2. The molecule has 1 fully saturated rings. The van der Waals surface area contributed by atoms with Gasteiger partial charge < -0.3 is 10.1 Å². The summed E-state index contributed by atoms with van der Waals surface area (Å²) in [6.45, 7) is 6.01. The van der Waals surface area contributed by atoms with Gasteiger partial charge in [-0.2, -0.15) is 5.26 Å². The van der Waals surface area contributed by atoms with Crippen LogP contribution in [0.25, 0.3) is 0 Å². The van der Waals surface area contributed by atoms with Crippen LogP contribution in [0, 0.1) is 11.3 Å². The van der Waals surface area contributed by atoms with E-state index in [1.165, 1.54) is 0 Å². The fraction of sp³-hybridized carbons (Fsp3) is 0.818. The van der Waals surface area contributed by atoms with Crippen LogP contribution in [0.1, 0.15) is 40.0 Å². The summed E-state index contributed by atoms with van der Waals surface area (Å²) in [4.78, 5) is 11.9. The number of carbonyl (C=O) groups is 1. The Balaban J connectivity index is 2.67. The second kappa shape index (κ2) is 4.19. The topological polar surface area (TPSA) is 62.1 Å². The zero-order valence-corrected chi connectivity index (χ0v) is 9.59. The zero-order chi connectivity index (χ0) is 11.5. The van der Waals surface area contributed by atoms with Crippen LogP contribution < -0.4 is 5.32 Å². The molecule has 0 bridgehead atoms. The number of hydrogen-bond acceptors (Lipinski definition) is 3.